The van der Waals surface area contributed by atoms with Crippen molar-refractivity contribution >= 4 is 5.91 Å². The van der Waals surface area contributed by atoms with Crippen molar-refractivity contribution in [3.63, 3.8) is 0 Å². The Balaban J connectivity index is 1.74. The van der Waals surface area contributed by atoms with E-state index in [2.05, 4.69) is 15.1 Å². The standard InChI is InChI=1S/C27H30F5N5O3/c1-16(2)19-12-20(22(39)13-21(19)38)23-34-35-24(25(40)33-15-26(28,29)27(30,31)32)37(23)18-8-6-17(7-9-18)14-36-10-4-3-5-11-36/h6-9,12-13,16,38-39H,3-5,10-11,14-15H2,1-2H3,(H,33,40). The van der Waals surface area contributed by atoms with Gasteiger partial charge in [0.2, 0.25) is 5.82 Å². The smallest absolute Gasteiger partial charge is 0.455 e. The SMILES string of the molecule is CC(C)c1cc(-c2nnc(C(=O)NCC(F)(F)C(F)(F)F)n2-c2ccc(CN3CCCCC3)cc2)c(O)cc1O. The molecule has 40 heavy (non-hydrogen) atoms. The average molecular weight is 568 g/mol. The molecule has 1 amide bonds. The van der Waals surface area contributed by atoms with Gasteiger partial charge in [-0.1, -0.05) is 32.4 Å². The number of rotatable bonds is 8. The first-order valence-corrected chi connectivity index (χ1v) is 12.8. The Morgan fingerprint density at radius 1 is 0.975 bits per heavy atom. The van der Waals surface area contributed by atoms with Crippen molar-refractivity contribution < 1.29 is 37.0 Å². The number of piperidine rings is 1. The Kier molecular flexibility index (Phi) is 8.33. The van der Waals surface area contributed by atoms with E-state index in [1.165, 1.54) is 17.1 Å². The van der Waals surface area contributed by atoms with Crippen molar-refractivity contribution in [1.29, 1.82) is 0 Å². The van der Waals surface area contributed by atoms with Gasteiger partial charge in [0.05, 0.1) is 12.1 Å². The van der Waals surface area contributed by atoms with Crippen molar-refractivity contribution in [3.05, 3.63) is 53.3 Å². The highest BCUT2D eigenvalue weighted by molar-refractivity contribution is 5.92. The summed E-state index contributed by atoms with van der Waals surface area (Å²) in [6, 6.07) is 9.48. The van der Waals surface area contributed by atoms with E-state index in [4.69, 9.17) is 0 Å². The number of aromatic hydroxyl groups is 2. The molecule has 216 valence electrons. The first-order chi connectivity index (χ1) is 18.8. The number of alkyl halides is 5. The maximum Gasteiger partial charge on any atom is 0.455 e. The molecule has 1 aliphatic heterocycles. The second-order valence-electron chi connectivity index (χ2n) is 10.2. The molecular weight excluding hydrogens is 537 g/mol. The lowest BCUT2D eigenvalue weighted by atomic mass is 9.98. The van der Waals surface area contributed by atoms with Crippen LogP contribution in [0.15, 0.2) is 36.4 Å². The summed E-state index contributed by atoms with van der Waals surface area (Å²) >= 11 is 0. The minimum Gasteiger partial charge on any atom is -0.508 e. The highest BCUT2D eigenvalue weighted by atomic mass is 19.4. The van der Waals surface area contributed by atoms with Crippen LogP contribution in [0.1, 0.15) is 60.8 Å². The number of carbonyl (C=O) groups excluding carboxylic acids is 1. The minimum atomic E-state index is -5.85. The van der Waals surface area contributed by atoms with Gasteiger partial charge < -0.3 is 15.5 Å². The van der Waals surface area contributed by atoms with Crippen molar-refractivity contribution in [2.45, 2.75) is 57.7 Å². The Morgan fingerprint density at radius 3 is 2.23 bits per heavy atom. The predicted octanol–water partition coefficient (Wildman–Crippen LogP) is 5.38. The maximum absolute atomic E-state index is 13.5. The van der Waals surface area contributed by atoms with Gasteiger partial charge in [0.15, 0.2) is 5.82 Å². The molecule has 1 aromatic heterocycles. The molecule has 8 nitrogen and oxygen atoms in total. The van der Waals surface area contributed by atoms with Gasteiger partial charge in [-0.2, -0.15) is 22.0 Å². The summed E-state index contributed by atoms with van der Waals surface area (Å²) in [4.78, 5) is 15.2. The molecule has 2 aromatic carbocycles. The first kappa shape index (κ1) is 29.2. The lowest BCUT2D eigenvalue weighted by Crippen LogP contribution is -2.47. The van der Waals surface area contributed by atoms with E-state index in [9.17, 15) is 37.0 Å². The third kappa shape index (κ3) is 6.19. The van der Waals surface area contributed by atoms with Crippen LogP contribution in [0.4, 0.5) is 22.0 Å². The van der Waals surface area contributed by atoms with E-state index >= 15 is 0 Å². The first-order valence-electron chi connectivity index (χ1n) is 12.8. The number of amides is 1. The van der Waals surface area contributed by atoms with Crippen LogP contribution in [0.25, 0.3) is 17.1 Å². The Bertz CT molecular complexity index is 1350. The number of phenols is 2. The molecule has 0 atom stereocenters. The number of benzene rings is 2. The van der Waals surface area contributed by atoms with Crippen LogP contribution in [-0.2, 0) is 6.54 Å². The fourth-order valence-corrected chi connectivity index (χ4v) is 4.58. The normalized spacial score (nSPS) is 15.0. The molecule has 0 bridgehead atoms. The second-order valence-corrected chi connectivity index (χ2v) is 10.2. The second kappa shape index (κ2) is 11.4. The molecule has 0 spiro atoms. The molecule has 2 heterocycles. The van der Waals surface area contributed by atoms with Crippen LogP contribution in [0.2, 0.25) is 0 Å². The maximum atomic E-state index is 13.5. The quantitative estimate of drug-likeness (QED) is 0.316. The van der Waals surface area contributed by atoms with Crippen molar-refractivity contribution in [3.8, 4) is 28.6 Å². The molecule has 1 saturated heterocycles. The number of phenolic OH excluding ortho intramolecular Hbond substituents is 2. The summed E-state index contributed by atoms with van der Waals surface area (Å²) in [7, 11) is 0. The van der Waals surface area contributed by atoms with E-state index in [1.54, 1.807) is 31.3 Å². The van der Waals surface area contributed by atoms with Crippen molar-refractivity contribution in [2.24, 2.45) is 0 Å². The summed E-state index contributed by atoms with van der Waals surface area (Å²) in [6.45, 7) is 4.27. The van der Waals surface area contributed by atoms with E-state index in [-0.39, 0.29) is 23.1 Å². The van der Waals surface area contributed by atoms with Gasteiger partial charge in [0.1, 0.15) is 11.5 Å². The third-order valence-corrected chi connectivity index (χ3v) is 6.81. The third-order valence-electron chi connectivity index (χ3n) is 6.81. The number of likely N-dealkylation sites (tertiary alicyclic amines) is 1. The summed E-state index contributed by atoms with van der Waals surface area (Å²) in [5.74, 6) is -7.84. The average Bonchev–Trinajstić information content (AvgIpc) is 3.32. The van der Waals surface area contributed by atoms with Gasteiger partial charge >= 0.3 is 12.1 Å². The number of nitrogens with one attached hydrogen (secondary N) is 1. The summed E-state index contributed by atoms with van der Waals surface area (Å²) in [5.41, 5.74) is 1.82. The van der Waals surface area contributed by atoms with Gasteiger partial charge in [0, 0.05) is 18.3 Å². The molecule has 1 aliphatic rings. The number of halogens is 5. The van der Waals surface area contributed by atoms with E-state index in [0.29, 0.717) is 17.8 Å². The van der Waals surface area contributed by atoms with Crippen molar-refractivity contribution in [2.75, 3.05) is 19.6 Å². The summed E-state index contributed by atoms with van der Waals surface area (Å²) in [5, 5.41) is 30.2. The van der Waals surface area contributed by atoms with Gasteiger partial charge in [-0.05, 0) is 61.2 Å². The number of nitrogens with zero attached hydrogens (tertiary/aromatic N) is 4. The molecule has 13 heteroatoms. The zero-order valence-electron chi connectivity index (χ0n) is 22.0. The molecule has 3 N–H and O–H groups in total. The van der Waals surface area contributed by atoms with E-state index in [0.717, 1.165) is 37.6 Å². The highest BCUT2D eigenvalue weighted by Gasteiger charge is 2.57. The number of carbonyl (C=O) groups is 1. The minimum absolute atomic E-state index is 0.0732. The van der Waals surface area contributed by atoms with Crippen LogP contribution in [0, 0.1) is 0 Å². The lowest BCUT2D eigenvalue weighted by Gasteiger charge is -2.26. The zero-order chi connectivity index (χ0) is 29.2. The van der Waals surface area contributed by atoms with Crippen LogP contribution < -0.4 is 5.32 Å². The fraction of sp³-hybridized carbons (Fsp3) is 0.444. The molecule has 0 saturated carbocycles. The zero-order valence-corrected chi connectivity index (χ0v) is 22.0. The molecule has 0 aliphatic carbocycles. The van der Waals surface area contributed by atoms with Crippen LogP contribution in [0.3, 0.4) is 0 Å². The summed E-state index contributed by atoms with van der Waals surface area (Å²) in [6.07, 6.45) is -2.44. The monoisotopic (exact) mass is 567 g/mol. The highest BCUT2D eigenvalue weighted by Crippen LogP contribution is 2.38. The predicted molar refractivity (Wildman–Crippen MR) is 137 cm³/mol. The Labute approximate surface area is 227 Å². The Hall–Kier alpha value is -3.74. The largest absolute Gasteiger partial charge is 0.508 e. The molecular formula is C27H30F5N5O3. The van der Waals surface area contributed by atoms with Crippen LogP contribution in [-0.4, -0.2) is 67.5 Å². The lowest BCUT2D eigenvalue weighted by molar-refractivity contribution is -0.278. The van der Waals surface area contributed by atoms with Crippen LogP contribution >= 0.6 is 0 Å². The van der Waals surface area contributed by atoms with Gasteiger partial charge in [-0.15, -0.1) is 10.2 Å². The van der Waals surface area contributed by atoms with Gasteiger partial charge in [0.25, 0.3) is 5.91 Å². The number of hydrogen-bond acceptors (Lipinski definition) is 6. The topological polar surface area (TPSA) is 104 Å². The number of hydrogen-bond donors (Lipinski definition) is 3. The van der Waals surface area contributed by atoms with Crippen LogP contribution in [0.5, 0.6) is 11.5 Å². The van der Waals surface area contributed by atoms with Gasteiger partial charge in [-0.3, -0.25) is 14.3 Å². The van der Waals surface area contributed by atoms with E-state index in [1.807, 2.05) is 12.1 Å². The fourth-order valence-electron chi connectivity index (χ4n) is 4.58. The molecule has 0 radical (unpaired) electrons. The Morgan fingerprint density at radius 2 is 1.62 bits per heavy atom. The van der Waals surface area contributed by atoms with Crippen molar-refractivity contribution in [1.82, 2.24) is 25.0 Å². The number of aromatic nitrogens is 3. The van der Waals surface area contributed by atoms with E-state index < -0.39 is 36.1 Å². The molecule has 1 fully saturated rings. The van der Waals surface area contributed by atoms with Gasteiger partial charge in [-0.25, -0.2) is 0 Å². The molecule has 4 rings (SSSR count). The summed E-state index contributed by atoms with van der Waals surface area (Å²) < 4.78 is 66.1. The molecule has 3 aromatic rings. The molecule has 0 unspecified atom stereocenters.